The van der Waals surface area contributed by atoms with Crippen LogP contribution in [0.3, 0.4) is 0 Å². The maximum atomic E-state index is 12.9. The van der Waals surface area contributed by atoms with Crippen molar-refractivity contribution in [3.05, 3.63) is 53.7 Å². The van der Waals surface area contributed by atoms with Crippen molar-refractivity contribution in [1.29, 1.82) is 0 Å². The van der Waals surface area contributed by atoms with Crippen molar-refractivity contribution in [1.82, 2.24) is 15.2 Å². The molecule has 168 valence electrons. The molecule has 0 aliphatic carbocycles. The molecular weight excluding hydrogens is 407 g/mol. The monoisotopic (exact) mass is 435 g/mol. The number of benzene rings is 1. The number of halogens is 3. The molecule has 1 fully saturated rings. The molecule has 0 radical (unpaired) electrons. The Morgan fingerprint density at radius 3 is 2.55 bits per heavy atom. The minimum Gasteiger partial charge on any atom is -0.369 e. The van der Waals surface area contributed by atoms with Gasteiger partial charge in [-0.2, -0.15) is 13.2 Å². The van der Waals surface area contributed by atoms with Crippen molar-refractivity contribution in [3.8, 4) is 0 Å². The van der Waals surface area contributed by atoms with Crippen molar-refractivity contribution in [3.63, 3.8) is 0 Å². The van der Waals surface area contributed by atoms with Gasteiger partial charge in [0.15, 0.2) is 0 Å². The van der Waals surface area contributed by atoms with Gasteiger partial charge in [0.25, 0.3) is 5.91 Å². The summed E-state index contributed by atoms with van der Waals surface area (Å²) in [5.74, 6) is 0.483. The molecule has 2 heterocycles. The number of piperazine rings is 1. The highest BCUT2D eigenvalue weighted by atomic mass is 19.4. The van der Waals surface area contributed by atoms with Gasteiger partial charge in [-0.15, -0.1) is 0 Å². The largest absolute Gasteiger partial charge is 0.416 e. The molecule has 9 heteroatoms. The average molecular weight is 435 g/mol. The molecule has 31 heavy (non-hydrogen) atoms. The molecule has 1 aliphatic rings. The normalized spacial score (nSPS) is 15.1. The van der Waals surface area contributed by atoms with Crippen LogP contribution in [0, 0.1) is 0 Å². The van der Waals surface area contributed by atoms with Crippen LogP contribution in [-0.4, -0.2) is 69.2 Å². The van der Waals surface area contributed by atoms with Gasteiger partial charge in [-0.3, -0.25) is 9.69 Å². The van der Waals surface area contributed by atoms with E-state index in [9.17, 15) is 18.0 Å². The molecule has 1 N–H and O–H groups in total. The van der Waals surface area contributed by atoms with E-state index in [1.807, 2.05) is 19.0 Å². The topological polar surface area (TPSA) is 51.7 Å². The molecule has 0 spiro atoms. The summed E-state index contributed by atoms with van der Waals surface area (Å²) >= 11 is 0. The lowest BCUT2D eigenvalue weighted by molar-refractivity contribution is -0.137. The van der Waals surface area contributed by atoms with E-state index in [2.05, 4.69) is 15.2 Å². The third-order valence-electron chi connectivity index (χ3n) is 5.30. The van der Waals surface area contributed by atoms with Crippen LogP contribution in [0.2, 0.25) is 0 Å². The summed E-state index contributed by atoms with van der Waals surface area (Å²) in [5.41, 5.74) is 0.534. The van der Waals surface area contributed by atoms with Crippen LogP contribution in [0.25, 0.3) is 0 Å². The highest BCUT2D eigenvalue weighted by Crippen LogP contribution is 2.31. The fraction of sp³-hybridized carbons (Fsp3) is 0.455. The van der Waals surface area contributed by atoms with E-state index in [1.54, 1.807) is 29.3 Å². The molecule has 1 aliphatic heterocycles. The number of hydrogen-bond acceptors (Lipinski definition) is 5. The van der Waals surface area contributed by atoms with Crippen LogP contribution in [0.4, 0.5) is 24.7 Å². The van der Waals surface area contributed by atoms with Crippen LogP contribution in [0.1, 0.15) is 22.3 Å². The zero-order valence-corrected chi connectivity index (χ0v) is 17.8. The van der Waals surface area contributed by atoms with Gasteiger partial charge >= 0.3 is 6.18 Å². The Morgan fingerprint density at radius 2 is 1.87 bits per heavy atom. The number of carbonyl (C=O) groups is 1. The molecule has 0 bridgehead atoms. The van der Waals surface area contributed by atoms with E-state index in [4.69, 9.17) is 0 Å². The lowest BCUT2D eigenvalue weighted by atomic mass is 10.1. The Morgan fingerprint density at radius 1 is 1.13 bits per heavy atom. The number of amides is 1. The number of anilines is 2. The summed E-state index contributed by atoms with van der Waals surface area (Å²) in [6, 6.07) is 8.99. The van der Waals surface area contributed by atoms with Crippen molar-refractivity contribution in [2.75, 3.05) is 63.2 Å². The van der Waals surface area contributed by atoms with Crippen molar-refractivity contribution >= 4 is 17.4 Å². The molecule has 2 aromatic rings. The van der Waals surface area contributed by atoms with E-state index in [0.717, 1.165) is 32.1 Å². The van der Waals surface area contributed by atoms with E-state index in [0.29, 0.717) is 36.7 Å². The molecule has 3 rings (SSSR count). The minimum atomic E-state index is -4.33. The van der Waals surface area contributed by atoms with Crippen LogP contribution >= 0.6 is 0 Å². The maximum absolute atomic E-state index is 12.9. The molecule has 6 nitrogen and oxygen atoms in total. The third-order valence-corrected chi connectivity index (χ3v) is 5.30. The maximum Gasteiger partial charge on any atom is 0.416 e. The fourth-order valence-electron chi connectivity index (χ4n) is 3.64. The Kier molecular flexibility index (Phi) is 7.37. The zero-order chi connectivity index (χ0) is 22.4. The number of pyridine rings is 1. The first-order chi connectivity index (χ1) is 14.8. The van der Waals surface area contributed by atoms with E-state index >= 15 is 0 Å². The second kappa shape index (κ2) is 10.00. The van der Waals surface area contributed by atoms with Gasteiger partial charge in [0, 0.05) is 58.7 Å². The molecule has 1 saturated heterocycles. The number of nitrogens with one attached hydrogen (secondary N) is 1. The predicted octanol–water partition coefficient (Wildman–Crippen LogP) is 3.11. The standard InChI is InChI=1S/C22H28F3N5O/c1-28(2)20-19(8-4-9-26-20)21(31)27-10-5-11-29-12-14-30(15-13-29)18-7-3-6-17(16-18)22(23,24)25/h3-4,6-9,16H,5,10-15H2,1-2H3,(H,27,31). The van der Waals surface area contributed by atoms with Crippen LogP contribution < -0.4 is 15.1 Å². The molecule has 0 unspecified atom stereocenters. The summed E-state index contributed by atoms with van der Waals surface area (Å²) in [6.45, 7) is 4.28. The first-order valence-electron chi connectivity index (χ1n) is 10.3. The number of nitrogens with zero attached hydrogens (tertiary/aromatic N) is 4. The number of aromatic nitrogens is 1. The van der Waals surface area contributed by atoms with Gasteiger partial charge in [-0.1, -0.05) is 6.07 Å². The van der Waals surface area contributed by atoms with Crippen molar-refractivity contribution in [2.45, 2.75) is 12.6 Å². The van der Waals surface area contributed by atoms with Gasteiger partial charge in [0.2, 0.25) is 0 Å². The van der Waals surface area contributed by atoms with Gasteiger partial charge in [0.1, 0.15) is 5.82 Å². The lowest BCUT2D eigenvalue weighted by Gasteiger charge is -2.36. The summed E-state index contributed by atoms with van der Waals surface area (Å²) in [7, 11) is 3.69. The number of rotatable bonds is 7. The van der Waals surface area contributed by atoms with Gasteiger partial charge in [-0.25, -0.2) is 4.98 Å². The highest BCUT2D eigenvalue weighted by molar-refractivity contribution is 5.98. The molecule has 1 aromatic carbocycles. The summed E-state index contributed by atoms with van der Waals surface area (Å²) < 4.78 is 38.8. The Balaban J connectivity index is 1.42. The summed E-state index contributed by atoms with van der Waals surface area (Å²) in [6.07, 6.45) is -1.87. The second-order valence-corrected chi connectivity index (χ2v) is 7.76. The summed E-state index contributed by atoms with van der Waals surface area (Å²) in [5, 5.41) is 2.94. The smallest absolute Gasteiger partial charge is 0.369 e. The highest BCUT2D eigenvalue weighted by Gasteiger charge is 2.31. The van der Waals surface area contributed by atoms with Crippen molar-refractivity contribution in [2.24, 2.45) is 0 Å². The third kappa shape index (κ3) is 6.10. The first-order valence-corrected chi connectivity index (χ1v) is 10.3. The first kappa shape index (κ1) is 22.9. The quantitative estimate of drug-likeness (QED) is 0.678. The fourth-order valence-corrected chi connectivity index (χ4v) is 3.64. The number of carbonyl (C=O) groups excluding carboxylic acids is 1. The molecule has 0 saturated carbocycles. The SMILES string of the molecule is CN(C)c1ncccc1C(=O)NCCCN1CCN(c2cccc(C(F)(F)F)c2)CC1. The van der Waals surface area contributed by atoms with Crippen LogP contribution in [0.15, 0.2) is 42.6 Å². The van der Waals surface area contributed by atoms with E-state index in [1.165, 1.54) is 12.1 Å². The lowest BCUT2D eigenvalue weighted by Crippen LogP contribution is -2.47. The van der Waals surface area contributed by atoms with Gasteiger partial charge in [0.05, 0.1) is 11.1 Å². The van der Waals surface area contributed by atoms with E-state index < -0.39 is 11.7 Å². The Labute approximate surface area is 180 Å². The number of alkyl halides is 3. The summed E-state index contributed by atoms with van der Waals surface area (Å²) in [4.78, 5) is 22.7. The molecule has 1 amide bonds. The average Bonchev–Trinajstić information content (AvgIpc) is 2.76. The Hall–Kier alpha value is -2.81. The second-order valence-electron chi connectivity index (χ2n) is 7.76. The molecule has 0 atom stereocenters. The number of hydrogen-bond donors (Lipinski definition) is 1. The van der Waals surface area contributed by atoms with Gasteiger partial charge in [-0.05, 0) is 43.3 Å². The zero-order valence-electron chi connectivity index (χ0n) is 17.8. The van der Waals surface area contributed by atoms with Crippen molar-refractivity contribution < 1.29 is 18.0 Å². The minimum absolute atomic E-state index is 0.147. The van der Waals surface area contributed by atoms with Crippen LogP contribution in [-0.2, 0) is 6.18 Å². The van der Waals surface area contributed by atoms with Crippen LogP contribution in [0.5, 0.6) is 0 Å². The van der Waals surface area contributed by atoms with E-state index in [-0.39, 0.29) is 5.91 Å². The predicted molar refractivity (Wildman–Crippen MR) is 116 cm³/mol. The Bertz CT molecular complexity index is 879. The molecular formula is C22H28F3N5O. The van der Waals surface area contributed by atoms with Gasteiger partial charge < -0.3 is 15.1 Å². The molecule has 1 aromatic heterocycles.